The number of nitrogen functional groups attached to an aromatic ring is 1. The van der Waals surface area contributed by atoms with Crippen LogP contribution >= 0.6 is 0 Å². The van der Waals surface area contributed by atoms with Gasteiger partial charge in [-0.15, -0.1) is 23.8 Å². The second-order valence-corrected chi connectivity index (χ2v) is 6.15. The SMILES string of the molecule is CCCCC(=[N-])c1[c-]cc(N)c([C-]=O)c1.[CH2-]c1ccc(OCCC)cc1[CH2-].[K+].[K+]. The Morgan fingerprint density at radius 3 is 2.41 bits per heavy atom. The molecule has 0 heterocycles. The van der Waals surface area contributed by atoms with Gasteiger partial charge in [0.15, 0.2) is 0 Å². The summed E-state index contributed by atoms with van der Waals surface area (Å²) in [5.41, 5.74) is 8.78. The molecule has 0 radical (unpaired) electrons. The second-order valence-electron chi connectivity index (χ2n) is 6.15. The summed E-state index contributed by atoms with van der Waals surface area (Å²) in [5.74, 6) is 0.884. The molecule has 0 aliphatic heterocycles. The van der Waals surface area contributed by atoms with Gasteiger partial charge in [0.25, 0.3) is 0 Å². The van der Waals surface area contributed by atoms with Crippen LogP contribution in [0.25, 0.3) is 5.41 Å². The summed E-state index contributed by atoms with van der Waals surface area (Å²) in [6.45, 7) is 12.6. The van der Waals surface area contributed by atoms with E-state index in [2.05, 4.69) is 26.8 Å². The van der Waals surface area contributed by atoms with Gasteiger partial charge in [-0.2, -0.15) is 17.7 Å². The minimum atomic E-state index is 0. The minimum absolute atomic E-state index is 0. The molecule has 0 aliphatic rings. The summed E-state index contributed by atoms with van der Waals surface area (Å²) < 4.78 is 5.42. The third-order valence-electron chi connectivity index (χ3n) is 3.82. The number of hydrogen-bond donors (Lipinski definition) is 1. The van der Waals surface area contributed by atoms with Gasteiger partial charge < -0.3 is 20.7 Å². The molecule has 0 bridgehead atoms. The molecule has 6 heteroatoms. The van der Waals surface area contributed by atoms with Crippen LogP contribution in [0.2, 0.25) is 0 Å². The molecule has 2 aromatic rings. The van der Waals surface area contributed by atoms with Crippen LogP contribution in [0.4, 0.5) is 5.69 Å². The third-order valence-corrected chi connectivity index (χ3v) is 3.82. The van der Waals surface area contributed by atoms with Crippen LogP contribution in [0.1, 0.15) is 61.8 Å². The van der Waals surface area contributed by atoms with Crippen molar-refractivity contribution in [2.45, 2.75) is 39.5 Å². The quantitative estimate of drug-likeness (QED) is 0.245. The van der Waals surface area contributed by atoms with Crippen LogP contribution in [-0.4, -0.2) is 18.6 Å². The molecule has 0 aromatic heterocycles. The van der Waals surface area contributed by atoms with Crippen LogP contribution in [0.3, 0.4) is 0 Å². The number of nitrogens with zero attached hydrogens (tertiary/aromatic N) is 1. The van der Waals surface area contributed by atoms with Gasteiger partial charge in [-0.3, -0.25) is 30.7 Å². The first-order valence-electron chi connectivity index (χ1n) is 9.08. The average molecular weight is 442 g/mol. The van der Waals surface area contributed by atoms with Crippen molar-refractivity contribution in [2.75, 3.05) is 12.3 Å². The van der Waals surface area contributed by atoms with Crippen molar-refractivity contribution in [1.82, 2.24) is 0 Å². The molecular weight excluding hydrogens is 414 g/mol. The van der Waals surface area contributed by atoms with Crippen LogP contribution in [0.15, 0.2) is 30.3 Å². The first-order valence-corrected chi connectivity index (χ1v) is 9.08. The maximum Gasteiger partial charge on any atom is 1.00 e. The van der Waals surface area contributed by atoms with Crippen LogP contribution < -0.4 is 113 Å². The third kappa shape index (κ3) is 12.1. The summed E-state index contributed by atoms with van der Waals surface area (Å²) in [5, 5.41) is 9.68. The molecular formula is C23H27K2N2O2-3. The Kier molecular flexibility index (Phi) is 19.6. The van der Waals surface area contributed by atoms with E-state index in [0.29, 0.717) is 17.7 Å². The fourth-order valence-corrected chi connectivity index (χ4v) is 2.15. The van der Waals surface area contributed by atoms with E-state index < -0.39 is 0 Å². The number of hydrogen-bond acceptors (Lipinski definition) is 3. The van der Waals surface area contributed by atoms with E-state index >= 15 is 0 Å². The molecule has 0 unspecified atom stereocenters. The monoisotopic (exact) mass is 441 g/mol. The molecule has 0 saturated heterocycles. The number of carbonyl (C=O) groups excluding carboxylic acids is 1. The van der Waals surface area contributed by atoms with E-state index in [0.717, 1.165) is 42.7 Å². The maximum absolute atomic E-state index is 10.5. The number of ether oxygens (including phenoxy) is 1. The van der Waals surface area contributed by atoms with Crippen molar-refractivity contribution >= 4 is 17.7 Å². The first kappa shape index (κ1) is 31.6. The number of nitrogens with two attached hydrogens (primary N) is 1. The molecule has 2 aromatic carbocycles. The predicted octanol–water partition coefficient (Wildman–Crippen LogP) is -1.08. The number of rotatable bonds is 8. The summed E-state index contributed by atoms with van der Waals surface area (Å²) in [6.07, 6.45) is 5.26. The van der Waals surface area contributed by atoms with E-state index in [-0.39, 0.29) is 114 Å². The minimum Gasteiger partial charge on any atom is -0.859 e. The summed E-state index contributed by atoms with van der Waals surface area (Å²) >= 11 is 0. The number of benzene rings is 2. The molecule has 146 valence electrons. The van der Waals surface area contributed by atoms with Gasteiger partial charge in [0, 0.05) is 5.75 Å². The standard InChI is InChI=1S/C12H13N2O.C11H14O.2K/c1-2-3-4-11(13)9-5-6-12(14)10(7-9)8-15;1-4-7-12-11-6-5-9(2)10(3)8-11;;/h6-7H,2-4,14H2,1H3;5-6,8H,2-4,7H2,1H3;;/q-3;-2;2*+1. The Morgan fingerprint density at radius 2 is 1.86 bits per heavy atom. The predicted molar refractivity (Wildman–Crippen MR) is 113 cm³/mol. The van der Waals surface area contributed by atoms with Crippen molar-refractivity contribution in [3.63, 3.8) is 0 Å². The van der Waals surface area contributed by atoms with Crippen LogP contribution in [0, 0.1) is 19.9 Å². The van der Waals surface area contributed by atoms with Gasteiger partial charge >= 0.3 is 103 Å². The Bertz CT molecular complexity index is 765. The molecule has 0 aliphatic carbocycles. The van der Waals surface area contributed by atoms with Crippen LogP contribution in [0.5, 0.6) is 5.75 Å². The maximum atomic E-state index is 10.5. The number of unbranched alkanes of at least 4 members (excludes halogenated alkanes) is 1. The largest absolute Gasteiger partial charge is 1.00 e. The Balaban J connectivity index is 0. The molecule has 2 N–H and O–H groups in total. The first-order chi connectivity index (χ1) is 12.9. The Hall–Kier alpha value is 0.393. The summed E-state index contributed by atoms with van der Waals surface area (Å²) in [6, 6.07) is 11.6. The zero-order valence-electron chi connectivity index (χ0n) is 18.2. The van der Waals surface area contributed by atoms with E-state index in [1.54, 1.807) is 6.29 Å². The normalized spacial score (nSPS) is 9.17. The smallest absolute Gasteiger partial charge is 0.859 e. The molecule has 0 spiro atoms. The van der Waals surface area contributed by atoms with Gasteiger partial charge in [-0.1, -0.05) is 38.8 Å². The summed E-state index contributed by atoms with van der Waals surface area (Å²) in [4.78, 5) is 10.5. The zero-order chi connectivity index (χ0) is 20.2. The van der Waals surface area contributed by atoms with Crippen molar-refractivity contribution in [3.8, 4) is 5.75 Å². The number of anilines is 1. The van der Waals surface area contributed by atoms with E-state index in [1.165, 1.54) is 12.1 Å². The molecule has 2 rings (SSSR count). The van der Waals surface area contributed by atoms with Crippen LogP contribution in [-0.2, 0) is 4.79 Å². The summed E-state index contributed by atoms with van der Waals surface area (Å²) in [7, 11) is 0. The fraction of sp³-hybridized carbons (Fsp3) is 0.304. The molecule has 0 saturated carbocycles. The van der Waals surface area contributed by atoms with Gasteiger partial charge in [0.05, 0.1) is 12.9 Å². The topological polar surface area (TPSA) is 74.6 Å². The van der Waals surface area contributed by atoms with Gasteiger partial charge in [-0.25, -0.2) is 6.07 Å². The van der Waals surface area contributed by atoms with Crippen molar-refractivity contribution in [3.05, 3.63) is 77.9 Å². The fourth-order valence-electron chi connectivity index (χ4n) is 2.15. The van der Waals surface area contributed by atoms with E-state index in [4.69, 9.17) is 10.5 Å². The van der Waals surface area contributed by atoms with Crippen molar-refractivity contribution < 1.29 is 112 Å². The molecule has 0 fully saturated rings. The Labute approximate surface area is 261 Å². The molecule has 29 heavy (non-hydrogen) atoms. The average Bonchev–Trinajstić information content (AvgIpc) is 2.68. The molecule has 0 amide bonds. The molecule has 4 nitrogen and oxygen atoms in total. The van der Waals surface area contributed by atoms with Gasteiger partial charge in [-0.05, 0) is 6.42 Å². The molecule has 0 atom stereocenters. The second kappa shape index (κ2) is 18.0. The van der Waals surface area contributed by atoms with Gasteiger partial charge in [0.1, 0.15) is 0 Å². The van der Waals surface area contributed by atoms with Gasteiger partial charge in [0.2, 0.25) is 0 Å². The van der Waals surface area contributed by atoms with E-state index in [1.807, 2.05) is 25.1 Å². The zero-order valence-corrected chi connectivity index (χ0v) is 24.4. The van der Waals surface area contributed by atoms with E-state index in [9.17, 15) is 10.2 Å². The van der Waals surface area contributed by atoms with Crippen molar-refractivity contribution in [1.29, 1.82) is 0 Å². The Morgan fingerprint density at radius 1 is 1.17 bits per heavy atom. The van der Waals surface area contributed by atoms with Crippen molar-refractivity contribution in [2.24, 2.45) is 0 Å².